The zero-order valence-corrected chi connectivity index (χ0v) is 18.5. The first kappa shape index (κ1) is 23.9. The largest absolute Gasteiger partial charge is 0.464 e. The van der Waals surface area contributed by atoms with Crippen LogP contribution in [0.25, 0.3) is 0 Å². The number of ether oxygens (including phenoxy) is 2. The van der Waals surface area contributed by atoms with E-state index in [-0.39, 0.29) is 6.61 Å². The summed E-state index contributed by atoms with van der Waals surface area (Å²) in [5.74, 6) is -0.507. The number of nitrogens with one attached hydrogen (secondary N) is 1. The Balaban J connectivity index is 2.63. The summed E-state index contributed by atoms with van der Waals surface area (Å²) < 4.78 is 10.3. The molecule has 0 bridgehead atoms. The highest BCUT2D eigenvalue weighted by atomic mass is 79.9. The number of benzene rings is 1. The molecule has 0 aliphatic rings. The molecule has 0 spiro atoms. The molecular formula is C20H29BrN2O5. The predicted octanol–water partition coefficient (Wildman–Crippen LogP) is 4.19. The van der Waals surface area contributed by atoms with Crippen molar-refractivity contribution in [2.75, 3.05) is 11.9 Å². The number of carbonyl (C=O) groups is 2. The number of halogens is 1. The molecule has 0 aliphatic carbocycles. The van der Waals surface area contributed by atoms with Crippen molar-refractivity contribution in [1.29, 1.82) is 0 Å². The van der Waals surface area contributed by atoms with Crippen LogP contribution in [0, 0.1) is 0 Å². The first-order chi connectivity index (χ1) is 13.2. The van der Waals surface area contributed by atoms with Gasteiger partial charge in [0.05, 0.1) is 12.3 Å². The Morgan fingerprint density at radius 1 is 1.21 bits per heavy atom. The van der Waals surface area contributed by atoms with Crippen LogP contribution in [0.5, 0.6) is 0 Å². The number of amides is 1. The molecule has 0 heterocycles. The average Bonchev–Trinajstić information content (AvgIpc) is 2.62. The topological polar surface area (TPSA) is 86.2 Å². The zero-order valence-electron chi connectivity index (χ0n) is 16.9. The first-order valence-electron chi connectivity index (χ1n) is 9.19. The van der Waals surface area contributed by atoms with Gasteiger partial charge in [-0.05, 0) is 46.1 Å². The zero-order chi connectivity index (χ0) is 21.0. The molecule has 0 aromatic heterocycles. The van der Waals surface area contributed by atoms with Crippen LogP contribution in [0.4, 0.5) is 4.79 Å². The number of rotatable bonds is 10. The molecule has 28 heavy (non-hydrogen) atoms. The van der Waals surface area contributed by atoms with Crippen molar-refractivity contribution in [2.45, 2.75) is 58.8 Å². The molecular weight excluding hydrogens is 428 g/mol. The number of nitrogens with zero attached hydrogens (tertiary/aromatic N) is 1. The van der Waals surface area contributed by atoms with Crippen LogP contribution < -0.4 is 5.32 Å². The smallest absolute Gasteiger partial charge is 0.408 e. The summed E-state index contributed by atoms with van der Waals surface area (Å²) >= 11 is 3.37. The maximum absolute atomic E-state index is 12.2. The molecule has 1 amide bonds. The Morgan fingerprint density at radius 3 is 2.46 bits per heavy atom. The van der Waals surface area contributed by atoms with Gasteiger partial charge in [0.15, 0.2) is 0 Å². The van der Waals surface area contributed by atoms with E-state index in [9.17, 15) is 9.59 Å². The van der Waals surface area contributed by atoms with E-state index in [4.69, 9.17) is 14.3 Å². The van der Waals surface area contributed by atoms with Gasteiger partial charge in [0.2, 0.25) is 0 Å². The van der Waals surface area contributed by atoms with Gasteiger partial charge < -0.3 is 19.6 Å². The third-order valence-electron chi connectivity index (χ3n) is 3.41. The van der Waals surface area contributed by atoms with Gasteiger partial charge in [-0.15, -0.1) is 0 Å². The Kier molecular flexibility index (Phi) is 10.6. The summed E-state index contributed by atoms with van der Waals surface area (Å²) in [4.78, 5) is 29.6. The highest BCUT2D eigenvalue weighted by molar-refractivity contribution is 9.09. The minimum Gasteiger partial charge on any atom is -0.464 e. The van der Waals surface area contributed by atoms with Crippen molar-refractivity contribution < 1.29 is 23.9 Å². The Morgan fingerprint density at radius 2 is 1.89 bits per heavy atom. The van der Waals surface area contributed by atoms with Gasteiger partial charge in [0.1, 0.15) is 18.2 Å². The standard InChI is InChI=1S/C20H29BrN2O5/c1-5-26-18(24)17(22-19(25)28-20(2,3)4)12-11-16(13-21)23-27-14-15-9-7-6-8-10-15/h6-10,17H,5,11-14H2,1-4H3,(H,22,25)/b23-16-/t17-/m0/s1. The summed E-state index contributed by atoms with van der Waals surface area (Å²) in [6.07, 6.45) is 0.0967. The van der Waals surface area contributed by atoms with Gasteiger partial charge in [-0.1, -0.05) is 51.4 Å². The highest BCUT2D eigenvalue weighted by Crippen LogP contribution is 2.10. The van der Waals surface area contributed by atoms with Gasteiger partial charge in [-0.25, -0.2) is 9.59 Å². The number of esters is 1. The van der Waals surface area contributed by atoms with Crippen LogP contribution in [0.3, 0.4) is 0 Å². The second kappa shape index (κ2) is 12.4. The SMILES string of the molecule is CCOC(=O)[C@H](CC/C(CBr)=N/OCc1ccccc1)NC(=O)OC(C)(C)C. The number of carbonyl (C=O) groups excluding carboxylic acids is 2. The number of hydrogen-bond acceptors (Lipinski definition) is 6. The van der Waals surface area contributed by atoms with Gasteiger partial charge in [0, 0.05) is 5.33 Å². The molecule has 0 saturated heterocycles. The number of alkyl halides is 1. The molecule has 1 atom stereocenters. The van der Waals surface area contributed by atoms with Gasteiger partial charge in [-0.2, -0.15) is 0 Å². The fraction of sp³-hybridized carbons (Fsp3) is 0.550. The predicted molar refractivity (Wildman–Crippen MR) is 111 cm³/mol. The lowest BCUT2D eigenvalue weighted by atomic mass is 10.1. The minimum absolute atomic E-state index is 0.227. The number of hydrogen-bond donors (Lipinski definition) is 1. The van der Waals surface area contributed by atoms with Gasteiger partial charge in [-0.3, -0.25) is 0 Å². The van der Waals surface area contributed by atoms with E-state index in [0.717, 1.165) is 11.3 Å². The first-order valence-corrected chi connectivity index (χ1v) is 10.3. The van der Waals surface area contributed by atoms with E-state index in [1.165, 1.54) is 0 Å². The molecule has 8 heteroatoms. The summed E-state index contributed by atoms with van der Waals surface area (Å²) in [5, 5.41) is 7.19. The van der Waals surface area contributed by atoms with E-state index >= 15 is 0 Å². The second-order valence-electron chi connectivity index (χ2n) is 7.04. The second-order valence-corrected chi connectivity index (χ2v) is 7.60. The molecule has 1 rings (SSSR count). The molecule has 0 radical (unpaired) electrons. The molecule has 0 saturated carbocycles. The summed E-state index contributed by atoms with van der Waals surface area (Å²) in [6, 6.07) is 8.87. The van der Waals surface area contributed by atoms with Crippen molar-refractivity contribution in [1.82, 2.24) is 5.32 Å². The molecule has 1 aromatic carbocycles. The van der Waals surface area contributed by atoms with E-state index in [0.29, 0.717) is 24.8 Å². The van der Waals surface area contributed by atoms with Crippen molar-refractivity contribution in [2.24, 2.45) is 5.16 Å². The lowest BCUT2D eigenvalue weighted by Crippen LogP contribution is -2.44. The van der Waals surface area contributed by atoms with Crippen LogP contribution in [0.15, 0.2) is 35.5 Å². The van der Waals surface area contributed by atoms with E-state index in [2.05, 4.69) is 26.4 Å². The molecule has 1 N–H and O–H groups in total. The maximum Gasteiger partial charge on any atom is 0.408 e. The Bertz CT molecular complexity index is 644. The van der Waals surface area contributed by atoms with Crippen molar-refractivity contribution in [3.63, 3.8) is 0 Å². The summed E-state index contributed by atoms with van der Waals surface area (Å²) in [7, 11) is 0. The van der Waals surface area contributed by atoms with Crippen LogP contribution >= 0.6 is 15.9 Å². The average molecular weight is 457 g/mol. The Labute approximate surface area is 174 Å². The van der Waals surface area contributed by atoms with E-state index in [1.807, 2.05) is 30.3 Å². The number of alkyl carbamates (subject to hydrolysis) is 1. The molecule has 0 unspecified atom stereocenters. The van der Waals surface area contributed by atoms with Crippen LogP contribution in [-0.2, 0) is 25.7 Å². The third kappa shape index (κ3) is 10.3. The lowest BCUT2D eigenvalue weighted by Gasteiger charge is -2.22. The number of oxime groups is 1. The van der Waals surface area contributed by atoms with Crippen molar-refractivity contribution in [3.8, 4) is 0 Å². The van der Waals surface area contributed by atoms with Crippen LogP contribution in [0.2, 0.25) is 0 Å². The maximum atomic E-state index is 12.2. The van der Waals surface area contributed by atoms with Gasteiger partial charge >= 0.3 is 12.1 Å². The normalized spacial score (nSPS) is 12.8. The highest BCUT2D eigenvalue weighted by Gasteiger charge is 2.25. The molecule has 156 valence electrons. The van der Waals surface area contributed by atoms with E-state index < -0.39 is 23.7 Å². The van der Waals surface area contributed by atoms with Crippen molar-refractivity contribution >= 4 is 33.7 Å². The Hall–Kier alpha value is -2.09. The van der Waals surface area contributed by atoms with Crippen LogP contribution in [0.1, 0.15) is 46.1 Å². The molecule has 7 nitrogen and oxygen atoms in total. The monoisotopic (exact) mass is 456 g/mol. The van der Waals surface area contributed by atoms with Gasteiger partial charge in [0.25, 0.3) is 0 Å². The molecule has 0 fully saturated rings. The summed E-state index contributed by atoms with van der Waals surface area (Å²) in [6.45, 7) is 7.56. The third-order valence-corrected chi connectivity index (χ3v) is 4.05. The quantitative estimate of drug-likeness (QED) is 0.247. The summed E-state index contributed by atoms with van der Waals surface area (Å²) in [5.41, 5.74) is 1.07. The molecule has 0 aliphatic heterocycles. The van der Waals surface area contributed by atoms with Crippen molar-refractivity contribution in [3.05, 3.63) is 35.9 Å². The fourth-order valence-corrected chi connectivity index (χ4v) is 2.54. The van der Waals surface area contributed by atoms with E-state index in [1.54, 1.807) is 27.7 Å². The lowest BCUT2D eigenvalue weighted by molar-refractivity contribution is -0.145. The van der Waals surface area contributed by atoms with Crippen LogP contribution in [-0.4, -0.2) is 41.4 Å². The minimum atomic E-state index is -0.826. The molecule has 1 aromatic rings. The fourth-order valence-electron chi connectivity index (χ4n) is 2.16.